The van der Waals surface area contributed by atoms with E-state index >= 15 is 0 Å². The highest BCUT2D eigenvalue weighted by molar-refractivity contribution is 5.85. The Hall–Kier alpha value is -0.0700. The molecule has 2 N–H and O–H groups in total. The number of nitrogens with zero attached hydrogens (tertiary/aromatic N) is 1. The lowest BCUT2D eigenvalue weighted by Crippen LogP contribution is -2.54. The number of morpholine rings is 1. The van der Waals surface area contributed by atoms with Crippen molar-refractivity contribution in [2.75, 3.05) is 39.3 Å². The van der Waals surface area contributed by atoms with Crippen molar-refractivity contribution < 1.29 is 9.53 Å². The highest BCUT2D eigenvalue weighted by atomic mass is 35.5. The number of hydrogen-bond donors (Lipinski definition) is 2. The van der Waals surface area contributed by atoms with Gasteiger partial charge in [-0.25, -0.2) is 0 Å². The number of nitrogens with one attached hydrogen (secondary N) is 2. The molecule has 2 fully saturated rings. The maximum atomic E-state index is 12.0. The monoisotopic (exact) mass is 313 g/mol. The molecule has 0 aromatic heterocycles. The van der Waals surface area contributed by atoms with E-state index in [1.807, 2.05) is 0 Å². The van der Waals surface area contributed by atoms with Gasteiger partial charge in [0.1, 0.15) is 6.10 Å². The van der Waals surface area contributed by atoms with E-state index in [2.05, 4.69) is 22.5 Å². The number of halogens is 2. The molecule has 0 bridgehead atoms. The molecule has 1 amide bonds. The average molecular weight is 314 g/mol. The lowest BCUT2D eigenvalue weighted by Gasteiger charge is -2.32. The van der Waals surface area contributed by atoms with E-state index in [-0.39, 0.29) is 42.9 Å². The zero-order chi connectivity index (χ0) is 12.1. The fraction of sp³-hybridized carbons (Fsp3) is 0.917. The first-order chi connectivity index (χ1) is 8.29. The number of hydrogen-bond acceptors (Lipinski definition) is 4. The molecule has 0 aliphatic carbocycles. The van der Waals surface area contributed by atoms with Gasteiger partial charge < -0.3 is 15.4 Å². The van der Waals surface area contributed by atoms with Gasteiger partial charge in [-0.1, -0.05) is 6.92 Å². The molecule has 2 rings (SSSR count). The van der Waals surface area contributed by atoms with Gasteiger partial charge in [0, 0.05) is 25.7 Å². The van der Waals surface area contributed by atoms with E-state index in [0.29, 0.717) is 6.61 Å². The minimum atomic E-state index is -0.286. The van der Waals surface area contributed by atoms with Gasteiger partial charge >= 0.3 is 0 Å². The van der Waals surface area contributed by atoms with Gasteiger partial charge in [-0.05, 0) is 25.9 Å². The Morgan fingerprint density at radius 2 is 2.26 bits per heavy atom. The summed E-state index contributed by atoms with van der Waals surface area (Å²) >= 11 is 0. The number of ether oxygens (including phenoxy) is 1. The lowest BCUT2D eigenvalue weighted by atomic mass is 10.1. The van der Waals surface area contributed by atoms with E-state index in [9.17, 15) is 4.79 Å². The van der Waals surface area contributed by atoms with Crippen molar-refractivity contribution in [3.05, 3.63) is 0 Å². The van der Waals surface area contributed by atoms with Gasteiger partial charge in [0.15, 0.2) is 0 Å². The van der Waals surface area contributed by atoms with E-state index in [1.54, 1.807) is 0 Å². The van der Waals surface area contributed by atoms with Crippen molar-refractivity contribution in [2.45, 2.75) is 31.9 Å². The molecule has 5 nitrogen and oxygen atoms in total. The van der Waals surface area contributed by atoms with E-state index < -0.39 is 0 Å². The summed E-state index contributed by atoms with van der Waals surface area (Å²) in [7, 11) is 0. The number of amides is 1. The molecule has 2 aliphatic heterocycles. The third kappa shape index (κ3) is 5.83. The van der Waals surface area contributed by atoms with Crippen LogP contribution in [0.15, 0.2) is 0 Å². The first-order valence-electron chi connectivity index (χ1n) is 6.64. The van der Waals surface area contributed by atoms with Gasteiger partial charge in [0.05, 0.1) is 6.61 Å². The van der Waals surface area contributed by atoms with Crippen molar-refractivity contribution >= 4 is 30.7 Å². The van der Waals surface area contributed by atoms with Gasteiger partial charge in [0.25, 0.3) is 5.91 Å². The zero-order valence-electron chi connectivity index (χ0n) is 11.4. The zero-order valence-corrected chi connectivity index (χ0v) is 13.0. The Kier molecular flexibility index (Phi) is 9.74. The molecule has 2 heterocycles. The second-order valence-electron chi connectivity index (χ2n) is 4.80. The number of piperidine rings is 1. The third-order valence-corrected chi connectivity index (χ3v) is 3.53. The summed E-state index contributed by atoms with van der Waals surface area (Å²) in [4.78, 5) is 14.3. The second-order valence-corrected chi connectivity index (χ2v) is 4.80. The molecule has 1 unspecified atom stereocenters. The first kappa shape index (κ1) is 18.9. The minimum Gasteiger partial charge on any atom is -0.366 e. The Labute approximate surface area is 127 Å². The fourth-order valence-corrected chi connectivity index (χ4v) is 2.42. The lowest BCUT2D eigenvalue weighted by molar-refractivity contribution is -0.139. The van der Waals surface area contributed by atoms with Crippen LogP contribution in [-0.4, -0.2) is 62.3 Å². The molecule has 2 saturated heterocycles. The quantitative estimate of drug-likeness (QED) is 0.793. The molecular weight excluding hydrogens is 289 g/mol. The predicted octanol–water partition coefficient (Wildman–Crippen LogP) is 0.419. The van der Waals surface area contributed by atoms with Gasteiger partial charge in [-0.15, -0.1) is 24.8 Å². The second kappa shape index (κ2) is 9.77. The molecule has 0 saturated carbocycles. The molecule has 0 spiro atoms. The van der Waals surface area contributed by atoms with Crippen LogP contribution in [0, 0.1) is 0 Å². The maximum Gasteiger partial charge on any atom is 0.250 e. The van der Waals surface area contributed by atoms with Crippen molar-refractivity contribution in [2.24, 2.45) is 0 Å². The average Bonchev–Trinajstić information content (AvgIpc) is 2.40. The molecule has 0 aromatic rings. The first-order valence-corrected chi connectivity index (χ1v) is 6.64. The summed E-state index contributed by atoms with van der Waals surface area (Å²) < 4.78 is 5.54. The fourth-order valence-electron chi connectivity index (χ4n) is 2.42. The van der Waals surface area contributed by atoms with Crippen molar-refractivity contribution in [3.8, 4) is 0 Å². The summed E-state index contributed by atoms with van der Waals surface area (Å²) in [5.74, 6) is 0.0526. The summed E-state index contributed by atoms with van der Waals surface area (Å²) in [5, 5.41) is 6.38. The van der Waals surface area contributed by atoms with Gasteiger partial charge in [-0.2, -0.15) is 0 Å². The summed E-state index contributed by atoms with van der Waals surface area (Å²) in [6.45, 7) is 7.37. The van der Waals surface area contributed by atoms with E-state index in [4.69, 9.17) is 4.74 Å². The predicted molar refractivity (Wildman–Crippen MR) is 80.4 cm³/mol. The topological polar surface area (TPSA) is 53.6 Å². The van der Waals surface area contributed by atoms with E-state index in [0.717, 1.165) is 45.6 Å². The van der Waals surface area contributed by atoms with Crippen molar-refractivity contribution in [1.29, 1.82) is 0 Å². The summed E-state index contributed by atoms with van der Waals surface area (Å²) in [5.41, 5.74) is 0. The van der Waals surface area contributed by atoms with Crippen LogP contribution in [0.2, 0.25) is 0 Å². The molecule has 2 atom stereocenters. The Morgan fingerprint density at radius 1 is 1.47 bits per heavy atom. The van der Waals surface area contributed by atoms with Crippen LogP contribution in [0.5, 0.6) is 0 Å². The van der Waals surface area contributed by atoms with Crippen LogP contribution in [0.25, 0.3) is 0 Å². The molecule has 114 valence electrons. The van der Waals surface area contributed by atoms with Crippen molar-refractivity contribution in [3.63, 3.8) is 0 Å². The van der Waals surface area contributed by atoms with Crippen LogP contribution < -0.4 is 10.6 Å². The van der Waals surface area contributed by atoms with Crippen molar-refractivity contribution in [1.82, 2.24) is 15.5 Å². The highest BCUT2D eigenvalue weighted by Crippen LogP contribution is 2.07. The van der Waals surface area contributed by atoms with Crippen LogP contribution in [0.3, 0.4) is 0 Å². The smallest absolute Gasteiger partial charge is 0.250 e. The molecule has 7 heteroatoms. The SMILES string of the molecule is CCN1CCOC(C(=O)N[C@H]2CCCNC2)C1.Cl.Cl. The molecule has 19 heavy (non-hydrogen) atoms. The van der Waals surface area contributed by atoms with Crippen LogP contribution in [0.4, 0.5) is 0 Å². The van der Waals surface area contributed by atoms with Gasteiger partial charge in [-0.3, -0.25) is 9.69 Å². The minimum absolute atomic E-state index is 0. The largest absolute Gasteiger partial charge is 0.366 e. The number of rotatable bonds is 3. The van der Waals surface area contributed by atoms with Crippen LogP contribution >= 0.6 is 24.8 Å². The number of carbonyl (C=O) groups excluding carboxylic acids is 1. The molecule has 2 aliphatic rings. The van der Waals surface area contributed by atoms with Crippen LogP contribution in [0.1, 0.15) is 19.8 Å². The Balaban J connectivity index is 0.00000162. The normalized spacial score (nSPS) is 27.8. The molecule has 0 aromatic carbocycles. The number of likely N-dealkylation sites (N-methyl/N-ethyl adjacent to an activating group) is 1. The molecule has 0 radical (unpaired) electrons. The summed E-state index contributed by atoms with van der Waals surface area (Å²) in [6, 6.07) is 0.275. The van der Waals surface area contributed by atoms with Gasteiger partial charge in [0.2, 0.25) is 0 Å². The Morgan fingerprint density at radius 3 is 2.89 bits per heavy atom. The molecular formula is C12H25Cl2N3O2. The third-order valence-electron chi connectivity index (χ3n) is 3.53. The highest BCUT2D eigenvalue weighted by Gasteiger charge is 2.27. The Bertz CT molecular complexity index is 263. The standard InChI is InChI=1S/C12H23N3O2.2ClH/c1-2-15-6-7-17-11(9-15)12(16)14-10-4-3-5-13-8-10;;/h10-11,13H,2-9H2,1H3,(H,14,16);2*1H/t10-,11?;;/m0../s1. The van der Waals surface area contributed by atoms with Crippen LogP contribution in [-0.2, 0) is 9.53 Å². The number of carbonyl (C=O) groups is 1. The maximum absolute atomic E-state index is 12.0. The van der Waals surface area contributed by atoms with E-state index in [1.165, 1.54) is 0 Å². The summed E-state index contributed by atoms with van der Waals surface area (Å²) in [6.07, 6.45) is 1.92.